The van der Waals surface area contributed by atoms with Crippen LogP contribution in [0.1, 0.15) is 65.2 Å². The van der Waals surface area contributed by atoms with Crippen molar-refractivity contribution in [2.45, 2.75) is 71.3 Å². The van der Waals surface area contributed by atoms with Crippen molar-refractivity contribution in [2.24, 2.45) is 28.6 Å². The molecule has 0 heterocycles. The molecule has 3 saturated carbocycles. The lowest BCUT2D eigenvalue weighted by atomic mass is 9.48. The summed E-state index contributed by atoms with van der Waals surface area (Å²) in [5.41, 5.74) is 3.56. The van der Waals surface area contributed by atoms with Gasteiger partial charge in [-0.1, -0.05) is 31.1 Å². The summed E-state index contributed by atoms with van der Waals surface area (Å²) in [6.45, 7) is 4.90. The topological polar surface area (TPSA) is 44.0 Å². The van der Waals surface area contributed by atoms with Crippen LogP contribution in [0, 0.1) is 39.9 Å². The SMILES string of the molecule is C[C@]12CC[C@H](O)CC1=CC[C@@H]1[C@@H]2CC[C@]2(C)/C(=C/C#N)CC[C@@H]12. The van der Waals surface area contributed by atoms with Crippen LogP contribution in [-0.2, 0) is 0 Å². The van der Waals surface area contributed by atoms with Crippen LogP contribution in [0.2, 0.25) is 0 Å². The standard InChI is InChI=1S/C21H29NO/c1-20-11-8-19-17(18(20)6-4-14(20)9-12-22)5-3-15-13-16(23)7-10-21(15,19)2/h3,9,16-19,23H,4-8,10-11,13H2,1-2H3/b14-9+/t16-,17-,18-,19-,20+,21-/m0/s1. The minimum absolute atomic E-state index is 0.114. The predicted octanol–water partition coefficient (Wildman–Crippen LogP) is 4.76. The van der Waals surface area contributed by atoms with Gasteiger partial charge in [0.25, 0.3) is 0 Å². The Morgan fingerprint density at radius 1 is 1.17 bits per heavy atom. The van der Waals surface area contributed by atoms with Gasteiger partial charge in [0.15, 0.2) is 0 Å². The molecule has 0 aromatic heterocycles. The molecule has 0 radical (unpaired) electrons. The molecule has 124 valence electrons. The molecule has 0 aliphatic heterocycles. The normalized spacial score (nSPS) is 50.5. The third-order valence-corrected chi connectivity index (χ3v) is 8.16. The molecule has 2 nitrogen and oxygen atoms in total. The van der Waals surface area contributed by atoms with Crippen molar-refractivity contribution < 1.29 is 5.11 Å². The van der Waals surface area contributed by atoms with Crippen LogP contribution in [0.25, 0.3) is 0 Å². The first kappa shape index (κ1) is 15.5. The van der Waals surface area contributed by atoms with Crippen LogP contribution >= 0.6 is 0 Å². The largest absolute Gasteiger partial charge is 0.393 e. The maximum Gasteiger partial charge on any atom is 0.0911 e. The second-order valence-electron chi connectivity index (χ2n) is 8.95. The first-order valence-electron chi connectivity index (χ1n) is 9.46. The fourth-order valence-corrected chi connectivity index (χ4v) is 6.80. The van der Waals surface area contributed by atoms with Gasteiger partial charge in [0.05, 0.1) is 12.2 Å². The Labute approximate surface area is 140 Å². The second-order valence-corrected chi connectivity index (χ2v) is 8.95. The monoisotopic (exact) mass is 311 g/mol. The quantitative estimate of drug-likeness (QED) is 0.518. The average Bonchev–Trinajstić information content (AvgIpc) is 2.85. The van der Waals surface area contributed by atoms with E-state index in [0.29, 0.717) is 5.41 Å². The molecule has 0 spiro atoms. The highest BCUT2D eigenvalue weighted by atomic mass is 16.3. The fourth-order valence-electron chi connectivity index (χ4n) is 6.80. The van der Waals surface area contributed by atoms with Crippen LogP contribution < -0.4 is 0 Å². The maximum atomic E-state index is 10.1. The van der Waals surface area contributed by atoms with E-state index in [4.69, 9.17) is 5.26 Å². The van der Waals surface area contributed by atoms with Crippen LogP contribution in [0.3, 0.4) is 0 Å². The van der Waals surface area contributed by atoms with Crippen LogP contribution in [-0.4, -0.2) is 11.2 Å². The van der Waals surface area contributed by atoms with Gasteiger partial charge < -0.3 is 5.11 Å². The van der Waals surface area contributed by atoms with Crippen molar-refractivity contribution in [3.8, 4) is 6.07 Å². The highest BCUT2D eigenvalue weighted by Gasteiger charge is 2.57. The van der Waals surface area contributed by atoms with Crippen LogP contribution in [0.15, 0.2) is 23.3 Å². The zero-order chi connectivity index (χ0) is 16.2. The third kappa shape index (κ3) is 2.09. The predicted molar refractivity (Wildman–Crippen MR) is 91.4 cm³/mol. The van der Waals surface area contributed by atoms with Gasteiger partial charge in [0.1, 0.15) is 0 Å². The number of fused-ring (bicyclic) bond motifs is 5. The molecule has 4 aliphatic carbocycles. The molecule has 23 heavy (non-hydrogen) atoms. The van der Waals surface area contributed by atoms with Gasteiger partial charge in [-0.2, -0.15) is 5.26 Å². The molecule has 0 saturated heterocycles. The van der Waals surface area contributed by atoms with E-state index in [0.717, 1.165) is 43.4 Å². The van der Waals surface area contributed by atoms with Gasteiger partial charge >= 0.3 is 0 Å². The summed E-state index contributed by atoms with van der Waals surface area (Å²) in [4.78, 5) is 0. The molecule has 3 fully saturated rings. The third-order valence-electron chi connectivity index (χ3n) is 8.16. The number of aliphatic hydroxyl groups excluding tert-OH is 1. The Morgan fingerprint density at radius 3 is 2.70 bits per heavy atom. The number of aliphatic hydroxyl groups is 1. The second kappa shape index (κ2) is 5.21. The van der Waals surface area contributed by atoms with Gasteiger partial charge in [0, 0.05) is 6.08 Å². The van der Waals surface area contributed by atoms with E-state index >= 15 is 0 Å². The molecule has 0 amide bonds. The van der Waals surface area contributed by atoms with Crippen molar-refractivity contribution >= 4 is 0 Å². The van der Waals surface area contributed by atoms with Crippen molar-refractivity contribution in [3.05, 3.63) is 23.3 Å². The van der Waals surface area contributed by atoms with Crippen molar-refractivity contribution in [3.63, 3.8) is 0 Å². The molecular formula is C21H29NO. The molecular weight excluding hydrogens is 282 g/mol. The minimum atomic E-state index is -0.114. The summed E-state index contributed by atoms with van der Waals surface area (Å²) in [5.74, 6) is 2.32. The highest BCUT2D eigenvalue weighted by Crippen LogP contribution is 2.66. The lowest BCUT2D eigenvalue weighted by Crippen LogP contribution is -2.49. The van der Waals surface area contributed by atoms with Crippen molar-refractivity contribution in [1.82, 2.24) is 0 Å². The summed E-state index contributed by atoms with van der Waals surface area (Å²) in [5, 5.41) is 19.2. The smallest absolute Gasteiger partial charge is 0.0911 e. The molecule has 1 N–H and O–H groups in total. The van der Waals surface area contributed by atoms with Crippen molar-refractivity contribution in [1.29, 1.82) is 5.26 Å². The van der Waals surface area contributed by atoms with E-state index in [-0.39, 0.29) is 11.5 Å². The number of hydrogen-bond acceptors (Lipinski definition) is 2. The van der Waals surface area contributed by atoms with Gasteiger partial charge in [-0.3, -0.25) is 0 Å². The molecule has 6 atom stereocenters. The fraction of sp³-hybridized carbons (Fsp3) is 0.762. The average molecular weight is 311 g/mol. The van der Waals surface area contributed by atoms with E-state index in [1.54, 1.807) is 5.57 Å². The van der Waals surface area contributed by atoms with E-state index in [9.17, 15) is 5.11 Å². The Bertz CT molecular complexity index is 612. The highest BCUT2D eigenvalue weighted by molar-refractivity contribution is 5.31. The molecule has 2 heteroatoms. The molecule has 0 aromatic carbocycles. The maximum absolute atomic E-state index is 10.1. The lowest BCUT2D eigenvalue weighted by molar-refractivity contribution is -0.0268. The van der Waals surface area contributed by atoms with Gasteiger partial charge in [0.2, 0.25) is 0 Å². The Hall–Kier alpha value is -1.07. The molecule has 0 unspecified atom stereocenters. The summed E-state index contributed by atoms with van der Waals surface area (Å²) in [6, 6.07) is 2.30. The minimum Gasteiger partial charge on any atom is -0.393 e. The zero-order valence-corrected chi connectivity index (χ0v) is 14.5. The van der Waals surface area contributed by atoms with Crippen LogP contribution in [0.4, 0.5) is 0 Å². The number of rotatable bonds is 0. The number of allylic oxidation sites excluding steroid dienone is 3. The summed E-state index contributed by atoms with van der Waals surface area (Å²) in [7, 11) is 0. The Morgan fingerprint density at radius 2 is 1.91 bits per heavy atom. The van der Waals surface area contributed by atoms with Crippen molar-refractivity contribution in [2.75, 3.05) is 0 Å². The summed E-state index contributed by atoms with van der Waals surface area (Å²) >= 11 is 0. The molecule has 0 aromatic rings. The first-order chi connectivity index (χ1) is 11.0. The first-order valence-corrected chi connectivity index (χ1v) is 9.46. The Balaban J connectivity index is 1.68. The Kier molecular flexibility index (Phi) is 3.50. The molecule has 0 bridgehead atoms. The summed E-state index contributed by atoms with van der Waals surface area (Å²) < 4.78 is 0. The number of hydrogen-bond donors (Lipinski definition) is 1. The zero-order valence-electron chi connectivity index (χ0n) is 14.5. The van der Waals surface area contributed by atoms with E-state index in [2.05, 4.69) is 26.0 Å². The van der Waals surface area contributed by atoms with E-state index < -0.39 is 0 Å². The van der Waals surface area contributed by atoms with Gasteiger partial charge in [-0.05, 0) is 80.0 Å². The van der Waals surface area contributed by atoms with Gasteiger partial charge in [-0.25, -0.2) is 0 Å². The molecule has 4 rings (SSSR count). The number of nitriles is 1. The van der Waals surface area contributed by atoms with E-state index in [1.807, 2.05) is 6.08 Å². The molecule has 4 aliphatic rings. The lowest BCUT2D eigenvalue weighted by Gasteiger charge is -2.57. The van der Waals surface area contributed by atoms with E-state index in [1.165, 1.54) is 31.3 Å². The number of nitrogens with zero attached hydrogens (tertiary/aromatic N) is 1. The van der Waals surface area contributed by atoms with Gasteiger partial charge in [-0.15, -0.1) is 0 Å². The summed E-state index contributed by atoms with van der Waals surface area (Å²) in [6.07, 6.45) is 13.4. The van der Waals surface area contributed by atoms with Crippen LogP contribution in [0.5, 0.6) is 0 Å².